The zero-order valence-corrected chi connectivity index (χ0v) is 20.5. The maximum Gasteiger partial charge on any atom is 0.330 e. The number of ether oxygens (including phenoxy) is 1. The van der Waals surface area contributed by atoms with E-state index in [2.05, 4.69) is 31.1 Å². The van der Waals surface area contributed by atoms with Gasteiger partial charge in [0.2, 0.25) is 5.91 Å². The number of nitrogens with two attached hydrogens (primary N) is 1. The van der Waals surface area contributed by atoms with Gasteiger partial charge >= 0.3 is 5.69 Å². The molecule has 1 amide bonds. The number of H-pyrrole nitrogens is 1. The number of nitrogen functional groups attached to an aromatic ring is 1. The lowest BCUT2D eigenvalue weighted by atomic mass is 9.82. The van der Waals surface area contributed by atoms with Crippen molar-refractivity contribution in [2.24, 2.45) is 11.3 Å². The van der Waals surface area contributed by atoms with E-state index in [1.54, 1.807) is 0 Å². The fourth-order valence-corrected chi connectivity index (χ4v) is 3.78. The first-order valence-corrected chi connectivity index (χ1v) is 11.2. The van der Waals surface area contributed by atoms with Crippen molar-refractivity contribution in [1.82, 2.24) is 14.9 Å². The van der Waals surface area contributed by atoms with Crippen molar-refractivity contribution >= 4 is 17.4 Å². The Bertz CT molecular complexity index is 1040. The quantitative estimate of drug-likeness (QED) is 0.500. The summed E-state index contributed by atoms with van der Waals surface area (Å²) < 4.78 is 6.45. The average Bonchev–Trinajstić information content (AvgIpc) is 2.73. The molecule has 1 aromatic heterocycles. The molecular weight excluding hydrogens is 422 g/mol. The predicted molar refractivity (Wildman–Crippen MR) is 131 cm³/mol. The number of carbonyl (C=O) groups is 1. The van der Waals surface area contributed by atoms with Gasteiger partial charge in [-0.25, -0.2) is 4.79 Å². The molecule has 0 fully saturated rings. The van der Waals surface area contributed by atoms with Crippen LogP contribution in [-0.4, -0.2) is 42.3 Å². The molecule has 0 aliphatic carbocycles. The summed E-state index contributed by atoms with van der Waals surface area (Å²) in [6.45, 7) is 10.8. The van der Waals surface area contributed by atoms with Crippen molar-refractivity contribution in [3.8, 4) is 0 Å². The van der Waals surface area contributed by atoms with E-state index in [1.807, 2.05) is 44.2 Å². The van der Waals surface area contributed by atoms with Crippen LogP contribution in [0.15, 0.2) is 39.9 Å². The molecule has 9 nitrogen and oxygen atoms in total. The predicted octanol–water partition coefficient (Wildman–Crippen LogP) is 2.13. The van der Waals surface area contributed by atoms with Gasteiger partial charge in [-0.1, -0.05) is 65.0 Å². The van der Waals surface area contributed by atoms with Crippen LogP contribution in [0.3, 0.4) is 0 Å². The first kappa shape index (κ1) is 26.3. The maximum absolute atomic E-state index is 13.3. The van der Waals surface area contributed by atoms with Crippen LogP contribution in [0.25, 0.3) is 0 Å². The topological polar surface area (TPSA) is 122 Å². The number of nitrogens with zero attached hydrogens (tertiary/aromatic N) is 2. The Morgan fingerprint density at radius 1 is 1.21 bits per heavy atom. The molecule has 182 valence electrons. The van der Waals surface area contributed by atoms with Crippen LogP contribution >= 0.6 is 0 Å². The molecule has 1 unspecified atom stereocenters. The van der Waals surface area contributed by atoms with Gasteiger partial charge in [-0.15, -0.1) is 0 Å². The molecule has 33 heavy (non-hydrogen) atoms. The number of aromatic nitrogens is 2. The highest BCUT2D eigenvalue weighted by Gasteiger charge is 2.29. The second-order valence-electron chi connectivity index (χ2n) is 9.63. The van der Waals surface area contributed by atoms with Crippen LogP contribution in [0, 0.1) is 11.3 Å². The molecule has 1 aromatic carbocycles. The lowest BCUT2D eigenvalue weighted by molar-refractivity contribution is -0.118. The fraction of sp³-hybridized carbons (Fsp3) is 0.542. The van der Waals surface area contributed by atoms with E-state index < -0.39 is 11.2 Å². The third-order valence-electron chi connectivity index (χ3n) is 5.31. The van der Waals surface area contributed by atoms with Crippen molar-refractivity contribution in [2.45, 2.75) is 47.2 Å². The van der Waals surface area contributed by atoms with Crippen molar-refractivity contribution in [3.05, 3.63) is 56.7 Å². The number of aromatic amines is 1. The Morgan fingerprint density at radius 3 is 2.39 bits per heavy atom. The molecule has 0 bridgehead atoms. The third-order valence-corrected chi connectivity index (χ3v) is 5.31. The first-order valence-electron chi connectivity index (χ1n) is 11.2. The van der Waals surface area contributed by atoms with Crippen molar-refractivity contribution < 1.29 is 9.53 Å². The van der Waals surface area contributed by atoms with Crippen LogP contribution in [0.4, 0.5) is 11.5 Å². The second kappa shape index (κ2) is 11.3. The number of carbonyl (C=O) groups excluding carboxylic acids is 1. The van der Waals surface area contributed by atoms with E-state index in [0.29, 0.717) is 6.54 Å². The summed E-state index contributed by atoms with van der Waals surface area (Å²) in [5.74, 6) is -0.256. The molecular formula is C24H37N5O4. The Balaban J connectivity index is 2.40. The highest BCUT2D eigenvalue weighted by Crippen LogP contribution is 2.32. The van der Waals surface area contributed by atoms with Gasteiger partial charge in [0.1, 0.15) is 5.82 Å². The maximum atomic E-state index is 13.3. The molecule has 2 rings (SSSR count). The van der Waals surface area contributed by atoms with Crippen LogP contribution in [0.2, 0.25) is 0 Å². The Hall–Kier alpha value is -2.91. The molecule has 0 spiro atoms. The molecule has 0 saturated carbocycles. The van der Waals surface area contributed by atoms with Gasteiger partial charge in [0.05, 0.1) is 13.2 Å². The minimum atomic E-state index is -0.697. The standard InChI is InChI=1S/C24H37N5O4/c1-16(2)15-29-21(25)19(22(31)27-23(29)32)28(12-13-33-6)18(30)14-26-20(24(3,4)5)17-10-8-7-9-11-17/h7-11,16,20,26H,12-15,25H2,1-6H3,(H,27,31,32). The minimum Gasteiger partial charge on any atom is -0.383 e. The number of nitrogens with one attached hydrogen (secondary N) is 2. The lowest BCUT2D eigenvalue weighted by Gasteiger charge is -2.33. The zero-order chi connectivity index (χ0) is 24.8. The van der Waals surface area contributed by atoms with E-state index in [9.17, 15) is 14.4 Å². The molecule has 9 heteroatoms. The van der Waals surface area contributed by atoms with E-state index in [-0.39, 0.29) is 54.5 Å². The number of rotatable bonds is 10. The summed E-state index contributed by atoms with van der Waals surface area (Å²) in [7, 11) is 1.51. The fourth-order valence-electron chi connectivity index (χ4n) is 3.78. The largest absolute Gasteiger partial charge is 0.383 e. The van der Waals surface area contributed by atoms with Gasteiger partial charge < -0.3 is 20.7 Å². The average molecular weight is 460 g/mol. The van der Waals surface area contributed by atoms with Gasteiger partial charge in [-0.2, -0.15) is 0 Å². The van der Waals surface area contributed by atoms with Gasteiger partial charge in [-0.3, -0.25) is 19.1 Å². The van der Waals surface area contributed by atoms with Crippen molar-refractivity contribution in [2.75, 3.05) is 37.4 Å². The summed E-state index contributed by atoms with van der Waals surface area (Å²) >= 11 is 0. The Morgan fingerprint density at radius 2 is 1.85 bits per heavy atom. The zero-order valence-electron chi connectivity index (χ0n) is 20.5. The van der Waals surface area contributed by atoms with Gasteiger partial charge in [-0.05, 0) is 16.9 Å². The van der Waals surface area contributed by atoms with Gasteiger partial charge in [0, 0.05) is 26.2 Å². The molecule has 4 N–H and O–H groups in total. The number of anilines is 2. The minimum absolute atomic E-state index is 0.0251. The van der Waals surface area contributed by atoms with Gasteiger partial charge in [0.25, 0.3) is 5.56 Å². The van der Waals surface area contributed by atoms with Crippen LogP contribution < -0.4 is 27.2 Å². The molecule has 2 aromatic rings. The molecule has 0 aliphatic rings. The van der Waals surface area contributed by atoms with E-state index in [0.717, 1.165) is 5.56 Å². The normalized spacial score (nSPS) is 12.7. The van der Waals surface area contributed by atoms with Crippen LogP contribution in [0.1, 0.15) is 46.2 Å². The lowest BCUT2D eigenvalue weighted by Crippen LogP contribution is -2.47. The number of hydrogen-bond donors (Lipinski definition) is 3. The van der Waals surface area contributed by atoms with E-state index >= 15 is 0 Å². The molecule has 1 heterocycles. The number of benzene rings is 1. The highest BCUT2D eigenvalue weighted by atomic mass is 16.5. The molecule has 0 saturated heterocycles. The summed E-state index contributed by atoms with van der Waals surface area (Å²) in [6, 6.07) is 9.79. The summed E-state index contributed by atoms with van der Waals surface area (Å²) in [4.78, 5) is 42.0. The first-order chi connectivity index (χ1) is 15.5. The second-order valence-corrected chi connectivity index (χ2v) is 9.63. The molecule has 0 aliphatic heterocycles. The number of methoxy groups -OCH3 is 1. The highest BCUT2D eigenvalue weighted by molar-refractivity contribution is 5.96. The van der Waals surface area contributed by atoms with Crippen molar-refractivity contribution in [3.63, 3.8) is 0 Å². The molecule has 1 atom stereocenters. The van der Waals surface area contributed by atoms with E-state index in [4.69, 9.17) is 10.5 Å². The van der Waals surface area contributed by atoms with Crippen LogP contribution in [-0.2, 0) is 16.1 Å². The third kappa shape index (κ3) is 6.79. The Kier molecular flexibility index (Phi) is 9.01. The Labute approximate surface area is 194 Å². The van der Waals surface area contributed by atoms with Crippen LogP contribution in [0.5, 0.6) is 0 Å². The van der Waals surface area contributed by atoms with Crippen molar-refractivity contribution in [1.29, 1.82) is 0 Å². The smallest absolute Gasteiger partial charge is 0.330 e. The van der Waals surface area contributed by atoms with Gasteiger partial charge in [0.15, 0.2) is 5.69 Å². The number of amides is 1. The monoisotopic (exact) mass is 459 g/mol. The summed E-state index contributed by atoms with van der Waals surface area (Å²) in [6.07, 6.45) is 0. The molecule has 0 radical (unpaired) electrons. The summed E-state index contributed by atoms with van der Waals surface area (Å²) in [5, 5.41) is 3.35. The number of hydrogen-bond acceptors (Lipinski definition) is 6. The van der Waals surface area contributed by atoms with E-state index in [1.165, 1.54) is 16.6 Å². The summed E-state index contributed by atoms with van der Waals surface area (Å²) in [5.41, 5.74) is 5.81. The SMILES string of the molecule is COCCN(C(=O)CNC(c1ccccc1)C(C)(C)C)c1c(N)n(CC(C)C)c(=O)[nH]c1=O.